The SMILES string of the molecule is NC(=O)N1OCCC1(c1ccccc1)c1ccnc(C#Cc2cnc3cccnn23)c1. The molecule has 1 unspecified atom stereocenters. The Kier molecular flexibility index (Phi) is 4.58. The Morgan fingerprint density at radius 3 is 2.74 bits per heavy atom. The van der Waals surface area contributed by atoms with E-state index in [4.69, 9.17) is 10.6 Å². The number of urea groups is 1. The number of amides is 2. The Morgan fingerprint density at radius 1 is 1.03 bits per heavy atom. The third-order valence-electron chi connectivity index (χ3n) is 5.32. The minimum Gasteiger partial charge on any atom is -0.350 e. The maximum atomic E-state index is 12.2. The zero-order valence-electron chi connectivity index (χ0n) is 16.5. The Bertz CT molecular complexity index is 1320. The van der Waals surface area contributed by atoms with Crippen LogP contribution in [0.5, 0.6) is 0 Å². The number of pyridine rings is 1. The highest BCUT2D eigenvalue weighted by atomic mass is 16.7. The molecule has 0 saturated carbocycles. The number of hydrogen-bond donors (Lipinski definition) is 1. The quantitative estimate of drug-likeness (QED) is 0.512. The monoisotopic (exact) mass is 410 g/mol. The fourth-order valence-corrected chi connectivity index (χ4v) is 3.95. The van der Waals surface area contributed by atoms with Gasteiger partial charge in [-0.05, 0) is 47.2 Å². The second-order valence-electron chi connectivity index (χ2n) is 7.06. The van der Waals surface area contributed by atoms with Gasteiger partial charge in [-0.2, -0.15) is 10.2 Å². The Labute approximate surface area is 178 Å². The van der Waals surface area contributed by atoms with Gasteiger partial charge in [-0.25, -0.2) is 19.3 Å². The fraction of sp³-hybridized carbons (Fsp3) is 0.130. The van der Waals surface area contributed by atoms with Gasteiger partial charge in [0.1, 0.15) is 16.9 Å². The topological polar surface area (TPSA) is 98.6 Å². The molecule has 0 aliphatic carbocycles. The third kappa shape index (κ3) is 3.17. The predicted molar refractivity (Wildman–Crippen MR) is 112 cm³/mol. The van der Waals surface area contributed by atoms with Crippen LogP contribution in [-0.4, -0.2) is 37.3 Å². The second kappa shape index (κ2) is 7.55. The number of benzene rings is 1. The zero-order chi connectivity index (χ0) is 21.3. The van der Waals surface area contributed by atoms with Crippen molar-refractivity contribution >= 4 is 11.7 Å². The van der Waals surface area contributed by atoms with Crippen LogP contribution >= 0.6 is 0 Å². The molecule has 31 heavy (non-hydrogen) atoms. The summed E-state index contributed by atoms with van der Waals surface area (Å²) in [6, 6.07) is 16.4. The zero-order valence-corrected chi connectivity index (χ0v) is 16.5. The summed E-state index contributed by atoms with van der Waals surface area (Å²) < 4.78 is 1.67. The van der Waals surface area contributed by atoms with Crippen molar-refractivity contribution < 1.29 is 9.63 Å². The second-order valence-corrected chi connectivity index (χ2v) is 7.06. The summed E-state index contributed by atoms with van der Waals surface area (Å²) in [5.41, 5.74) is 8.47. The van der Waals surface area contributed by atoms with Crippen molar-refractivity contribution in [2.24, 2.45) is 5.73 Å². The first-order valence-corrected chi connectivity index (χ1v) is 9.74. The van der Waals surface area contributed by atoms with Gasteiger partial charge in [-0.15, -0.1) is 0 Å². The van der Waals surface area contributed by atoms with E-state index in [-0.39, 0.29) is 0 Å². The van der Waals surface area contributed by atoms with E-state index in [1.54, 1.807) is 23.1 Å². The van der Waals surface area contributed by atoms with Gasteiger partial charge < -0.3 is 5.73 Å². The van der Waals surface area contributed by atoms with E-state index >= 15 is 0 Å². The van der Waals surface area contributed by atoms with Crippen LogP contribution in [0.1, 0.15) is 28.9 Å². The molecule has 4 aromatic rings. The summed E-state index contributed by atoms with van der Waals surface area (Å²) in [6.07, 6.45) is 5.59. The van der Waals surface area contributed by atoms with Crippen molar-refractivity contribution in [1.29, 1.82) is 0 Å². The minimum absolute atomic E-state index is 0.370. The molecular formula is C23H18N6O2. The minimum atomic E-state index is -0.850. The molecule has 1 fully saturated rings. The first-order valence-electron chi connectivity index (χ1n) is 9.74. The van der Waals surface area contributed by atoms with Crippen molar-refractivity contribution in [2.45, 2.75) is 12.0 Å². The van der Waals surface area contributed by atoms with Gasteiger partial charge in [0.15, 0.2) is 5.65 Å². The summed E-state index contributed by atoms with van der Waals surface area (Å²) in [5.74, 6) is 6.16. The third-order valence-corrected chi connectivity index (χ3v) is 5.32. The maximum Gasteiger partial charge on any atom is 0.339 e. The van der Waals surface area contributed by atoms with E-state index in [9.17, 15) is 4.79 Å². The molecule has 4 heterocycles. The number of imidazole rings is 1. The molecule has 2 N–H and O–H groups in total. The van der Waals surface area contributed by atoms with Crippen molar-refractivity contribution in [3.05, 3.63) is 95.7 Å². The number of nitrogens with two attached hydrogens (primary N) is 1. The molecule has 1 atom stereocenters. The van der Waals surface area contributed by atoms with Crippen molar-refractivity contribution in [1.82, 2.24) is 24.6 Å². The van der Waals surface area contributed by atoms with E-state index in [0.717, 1.165) is 16.8 Å². The lowest BCUT2D eigenvalue weighted by Gasteiger charge is -2.36. The van der Waals surface area contributed by atoms with Gasteiger partial charge in [-0.3, -0.25) is 4.84 Å². The van der Waals surface area contributed by atoms with Gasteiger partial charge in [-0.1, -0.05) is 30.3 Å². The molecule has 1 aromatic carbocycles. The first-order chi connectivity index (χ1) is 15.2. The molecule has 2 amide bonds. The summed E-state index contributed by atoms with van der Waals surface area (Å²) in [7, 11) is 0. The number of carbonyl (C=O) groups excluding carboxylic acids is 1. The Balaban J connectivity index is 1.59. The molecule has 5 rings (SSSR count). The van der Waals surface area contributed by atoms with Crippen LogP contribution in [0.25, 0.3) is 5.65 Å². The molecular weight excluding hydrogens is 392 g/mol. The molecule has 0 spiro atoms. The number of primary amides is 1. The van der Waals surface area contributed by atoms with Crippen LogP contribution in [-0.2, 0) is 10.4 Å². The van der Waals surface area contributed by atoms with Crippen molar-refractivity contribution in [3.8, 4) is 11.8 Å². The van der Waals surface area contributed by atoms with E-state index in [1.165, 1.54) is 5.06 Å². The van der Waals surface area contributed by atoms with Crippen LogP contribution < -0.4 is 5.73 Å². The molecule has 0 bridgehead atoms. The lowest BCUT2D eigenvalue weighted by molar-refractivity contribution is -0.107. The predicted octanol–water partition coefficient (Wildman–Crippen LogP) is 2.48. The average molecular weight is 410 g/mol. The summed E-state index contributed by atoms with van der Waals surface area (Å²) in [6.45, 7) is 0.370. The molecule has 1 aliphatic heterocycles. The fourth-order valence-electron chi connectivity index (χ4n) is 3.95. The van der Waals surface area contributed by atoms with Crippen LogP contribution in [0.3, 0.4) is 0 Å². The van der Waals surface area contributed by atoms with Gasteiger partial charge in [0.2, 0.25) is 0 Å². The lowest BCUT2D eigenvalue weighted by atomic mass is 9.80. The smallest absolute Gasteiger partial charge is 0.339 e. The Morgan fingerprint density at radius 2 is 1.90 bits per heavy atom. The summed E-state index contributed by atoms with van der Waals surface area (Å²) >= 11 is 0. The van der Waals surface area contributed by atoms with Gasteiger partial charge in [0, 0.05) is 18.8 Å². The lowest BCUT2D eigenvalue weighted by Crippen LogP contribution is -2.47. The molecule has 0 radical (unpaired) electrons. The molecule has 8 nitrogen and oxygen atoms in total. The number of rotatable bonds is 2. The molecule has 3 aromatic heterocycles. The van der Waals surface area contributed by atoms with Gasteiger partial charge in [0.05, 0.1) is 12.8 Å². The Hall–Kier alpha value is -4.22. The highest BCUT2D eigenvalue weighted by molar-refractivity contribution is 5.73. The maximum absolute atomic E-state index is 12.2. The van der Waals surface area contributed by atoms with Crippen LogP contribution in [0.2, 0.25) is 0 Å². The van der Waals surface area contributed by atoms with E-state index in [1.807, 2.05) is 54.6 Å². The number of hydroxylamine groups is 2. The van der Waals surface area contributed by atoms with Gasteiger partial charge >= 0.3 is 6.03 Å². The largest absolute Gasteiger partial charge is 0.350 e. The summed E-state index contributed by atoms with van der Waals surface area (Å²) in [5, 5.41) is 5.52. The van der Waals surface area contributed by atoms with Crippen LogP contribution in [0.15, 0.2) is 73.2 Å². The molecule has 152 valence electrons. The molecule has 8 heteroatoms. The standard InChI is InChI=1S/C23H18N6O2/c24-22(30)29-23(11-14-31-29,17-5-2-1-3-6-17)18-10-13-25-19(15-18)8-9-20-16-26-21-7-4-12-27-28(20)21/h1-7,10,12-13,15-16H,11,14H2,(H2,24,30). The number of aromatic nitrogens is 4. The number of hydrogen-bond acceptors (Lipinski definition) is 5. The molecule has 1 aliphatic rings. The van der Waals surface area contributed by atoms with Gasteiger partial charge in [0.25, 0.3) is 0 Å². The number of carbonyl (C=O) groups is 1. The number of nitrogens with zero attached hydrogens (tertiary/aromatic N) is 5. The average Bonchev–Trinajstić information content (AvgIpc) is 3.44. The number of fused-ring (bicyclic) bond motifs is 1. The first kappa shape index (κ1) is 18.8. The van der Waals surface area contributed by atoms with E-state index < -0.39 is 11.6 Å². The highest BCUT2D eigenvalue weighted by Crippen LogP contribution is 2.43. The van der Waals surface area contributed by atoms with E-state index in [0.29, 0.717) is 24.4 Å². The normalized spacial score (nSPS) is 18.0. The molecule has 1 saturated heterocycles. The summed E-state index contributed by atoms with van der Waals surface area (Å²) in [4.78, 5) is 26.5. The van der Waals surface area contributed by atoms with Crippen molar-refractivity contribution in [3.63, 3.8) is 0 Å². The van der Waals surface area contributed by atoms with E-state index in [2.05, 4.69) is 26.9 Å². The van der Waals surface area contributed by atoms with Crippen molar-refractivity contribution in [2.75, 3.05) is 6.61 Å². The highest BCUT2D eigenvalue weighted by Gasteiger charge is 2.48. The van der Waals surface area contributed by atoms with Crippen LogP contribution in [0, 0.1) is 11.8 Å². The van der Waals surface area contributed by atoms with Crippen LogP contribution in [0.4, 0.5) is 4.79 Å².